The number of fused-ring (bicyclic) bond motifs is 1. The Hall–Kier alpha value is -2.50. The Bertz CT molecular complexity index is 1110. The molecule has 1 heterocycles. The van der Waals surface area contributed by atoms with Gasteiger partial charge in [-0.1, -0.05) is 66.9 Å². The largest absolute Gasteiger partial charge is 0.490 e. The van der Waals surface area contributed by atoms with Gasteiger partial charge in [0.25, 0.3) is 5.56 Å². The van der Waals surface area contributed by atoms with Gasteiger partial charge in [0.15, 0.2) is 11.4 Å². The number of hydrogen-bond acceptors (Lipinski definition) is 4. The number of rotatable bonds is 8. The molecule has 0 saturated carbocycles. The van der Waals surface area contributed by atoms with Gasteiger partial charge < -0.3 is 9.47 Å². The number of pyridine rings is 1. The summed E-state index contributed by atoms with van der Waals surface area (Å²) in [6.07, 6.45) is 1.71. The van der Waals surface area contributed by atoms with Crippen molar-refractivity contribution in [3.05, 3.63) is 74.1 Å². The van der Waals surface area contributed by atoms with Crippen molar-refractivity contribution in [3.8, 4) is 5.75 Å². The third kappa shape index (κ3) is 4.63. The lowest BCUT2D eigenvalue weighted by Crippen LogP contribution is -2.29. The van der Waals surface area contributed by atoms with Crippen LogP contribution >= 0.6 is 23.2 Å². The highest BCUT2D eigenvalue weighted by Gasteiger charge is 2.25. The number of carbonyl (C=O) groups excluding carboxylic acids is 1. The maximum absolute atomic E-state index is 13.4. The second-order valence-corrected chi connectivity index (χ2v) is 7.60. The molecule has 0 fully saturated rings. The number of ether oxygens (including phenoxy) is 2. The van der Waals surface area contributed by atoms with E-state index in [0.717, 1.165) is 18.4 Å². The monoisotopic (exact) mass is 447 g/mol. The predicted molar refractivity (Wildman–Crippen MR) is 120 cm³/mol. The summed E-state index contributed by atoms with van der Waals surface area (Å²) in [5.41, 5.74) is 0.579. The van der Waals surface area contributed by atoms with E-state index in [1.165, 1.54) is 10.6 Å². The Labute approximate surface area is 185 Å². The molecule has 3 rings (SSSR count). The Morgan fingerprint density at radius 1 is 1.03 bits per heavy atom. The minimum Gasteiger partial charge on any atom is -0.490 e. The summed E-state index contributed by atoms with van der Waals surface area (Å²) in [5, 5.41) is 1.31. The maximum Gasteiger partial charge on any atom is 0.358 e. The van der Waals surface area contributed by atoms with Crippen molar-refractivity contribution in [3.63, 3.8) is 0 Å². The number of esters is 1. The minimum absolute atomic E-state index is 0.0766. The molecule has 0 unspecified atom stereocenters. The topological polar surface area (TPSA) is 57.5 Å². The van der Waals surface area contributed by atoms with Crippen LogP contribution in [-0.2, 0) is 11.3 Å². The van der Waals surface area contributed by atoms with Gasteiger partial charge in [-0.2, -0.15) is 0 Å². The first kappa shape index (κ1) is 22.2. The van der Waals surface area contributed by atoms with Gasteiger partial charge in [-0.15, -0.1) is 0 Å². The van der Waals surface area contributed by atoms with Crippen LogP contribution in [0.2, 0.25) is 10.0 Å². The average Bonchev–Trinajstić information content (AvgIpc) is 2.73. The van der Waals surface area contributed by atoms with Crippen LogP contribution in [0.15, 0.2) is 47.3 Å². The van der Waals surface area contributed by atoms with Crippen LogP contribution in [0.3, 0.4) is 0 Å². The first-order chi connectivity index (χ1) is 14.5. The summed E-state index contributed by atoms with van der Waals surface area (Å²) in [4.78, 5) is 26.3. The molecule has 30 heavy (non-hydrogen) atoms. The Kier molecular flexibility index (Phi) is 7.40. The second kappa shape index (κ2) is 10.0. The predicted octanol–water partition coefficient (Wildman–Crippen LogP) is 5.71. The van der Waals surface area contributed by atoms with Gasteiger partial charge in [-0.05, 0) is 31.0 Å². The van der Waals surface area contributed by atoms with Crippen molar-refractivity contribution in [2.24, 2.45) is 0 Å². The van der Waals surface area contributed by atoms with Crippen LogP contribution in [0, 0.1) is 0 Å². The Balaban J connectivity index is 2.33. The third-order valence-electron chi connectivity index (χ3n) is 4.66. The van der Waals surface area contributed by atoms with E-state index in [2.05, 4.69) is 0 Å². The molecule has 3 aromatic rings. The standard InChI is InChI=1S/C23H23Cl2NO4/c1-3-5-11-30-21-16-12-18(24)19(25)13-17(16)22(27)26(20(21)23(28)29-4-2)14-15-9-7-6-8-10-15/h6-10,12-13H,3-5,11,14H2,1-2H3. The first-order valence-electron chi connectivity index (χ1n) is 9.87. The zero-order valence-corrected chi connectivity index (χ0v) is 18.4. The highest BCUT2D eigenvalue weighted by Crippen LogP contribution is 2.34. The third-order valence-corrected chi connectivity index (χ3v) is 5.38. The van der Waals surface area contributed by atoms with E-state index < -0.39 is 5.97 Å². The number of carbonyl (C=O) groups is 1. The maximum atomic E-state index is 13.4. The molecule has 0 aliphatic heterocycles. The number of aromatic nitrogens is 1. The molecule has 2 aromatic carbocycles. The molecule has 0 spiro atoms. The van der Waals surface area contributed by atoms with Gasteiger partial charge in [0.1, 0.15) is 0 Å². The van der Waals surface area contributed by atoms with Gasteiger partial charge in [-0.25, -0.2) is 4.79 Å². The zero-order chi connectivity index (χ0) is 21.7. The van der Waals surface area contributed by atoms with Gasteiger partial charge in [0.05, 0.1) is 35.2 Å². The smallest absolute Gasteiger partial charge is 0.358 e. The van der Waals surface area contributed by atoms with Crippen LogP contribution < -0.4 is 10.3 Å². The summed E-state index contributed by atoms with van der Waals surface area (Å²) < 4.78 is 12.7. The summed E-state index contributed by atoms with van der Waals surface area (Å²) in [6.45, 7) is 4.51. The molecule has 5 nitrogen and oxygen atoms in total. The molecular weight excluding hydrogens is 425 g/mol. The van der Waals surface area contributed by atoms with Gasteiger partial charge in [-0.3, -0.25) is 9.36 Å². The first-order valence-corrected chi connectivity index (χ1v) is 10.6. The fourth-order valence-electron chi connectivity index (χ4n) is 3.19. The molecule has 0 atom stereocenters. The normalized spacial score (nSPS) is 10.9. The van der Waals surface area contributed by atoms with Crippen molar-refractivity contribution in [1.82, 2.24) is 4.57 Å². The molecule has 1 aromatic heterocycles. The van der Waals surface area contributed by atoms with Crippen LogP contribution in [0.25, 0.3) is 10.8 Å². The van der Waals surface area contributed by atoms with E-state index in [9.17, 15) is 9.59 Å². The van der Waals surface area contributed by atoms with Crippen molar-refractivity contribution < 1.29 is 14.3 Å². The molecule has 0 amide bonds. The molecule has 0 N–H and O–H groups in total. The fourth-order valence-corrected chi connectivity index (χ4v) is 3.52. The average molecular weight is 448 g/mol. The van der Waals surface area contributed by atoms with E-state index >= 15 is 0 Å². The highest BCUT2D eigenvalue weighted by molar-refractivity contribution is 6.42. The number of halogens is 2. The molecule has 0 radical (unpaired) electrons. The number of hydrogen-bond donors (Lipinski definition) is 0. The molecule has 0 aliphatic carbocycles. The molecule has 0 bridgehead atoms. The highest BCUT2D eigenvalue weighted by atomic mass is 35.5. The van der Waals surface area contributed by atoms with Crippen LogP contribution in [0.4, 0.5) is 0 Å². The van der Waals surface area contributed by atoms with Crippen LogP contribution in [0.5, 0.6) is 5.75 Å². The number of benzene rings is 2. The second-order valence-electron chi connectivity index (χ2n) is 6.79. The van der Waals surface area contributed by atoms with E-state index in [1.807, 2.05) is 37.3 Å². The summed E-state index contributed by atoms with van der Waals surface area (Å²) in [6, 6.07) is 12.5. The van der Waals surface area contributed by atoms with E-state index in [0.29, 0.717) is 17.4 Å². The lowest BCUT2D eigenvalue weighted by Gasteiger charge is -2.19. The van der Waals surface area contributed by atoms with E-state index in [1.54, 1.807) is 13.0 Å². The quantitative estimate of drug-likeness (QED) is 0.327. The van der Waals surface area contributed by atoms with Gasteiger partial charge in [0, 0.05) is 5.39 Å². The van der Waals surface area contributed by atoms with E-state index in [4.69, 9.17) is 32.7 Å². The summed E-state index contributed by atoms with van der Waals surface area (Å²) in [7, 11) is 0. The molecule has 158 valence electrons. The molecule has 0 aliphatic rings. The lowest BCUT2D eigenvalue weighted by molar-refractivity contribution is 0.0507. The molecular formula is C23H23Cl2NO4. The fraction of sp³-hybridized carbons (Fsp3) is 0.304. The SMILES string of the molecule is CCCCOc1c(C(=O)OCC)n(Cc2ccccc2)c(=O)c2cc(Cl)c(Cl)cc12. The number of unbranched alkanes of at least 4 members (excludes halogenated alkanes) is 1. The van der Waals surface area contributed by atoms with Crippen molar-refractivity contribution in [1.29, 1.82) is 0 Å². The van der Waals surface area contributed by atoms with Crippen molar-refractivity contribution in [2.45, 2.75) is 33.2 Å². The van der Waals surface area contributed by atoms with E-state index in [-0.39, 0.29) is 40.2 Å². The Morgan fingerprint density at radius 2 is 1.70 bits per heavy atom. The Morgan fingerprint density at radius 3 is 2.33 bits per heavy atom. The van der Waals surface area contributed by atoms with Crippen molar-refractivity contribution in [2.75, 3.05) is 13.2 Å². The lowest BCUT2D eigenvalue weighted by atomic mass is 10.1. The minimum atomic E-state index is -0.620. The van der Waals surface area contributed by atoms with Gasteiger partial charge >= 0.3 is 5.97 Å². The summed E-state index contributed by atoms with van der Waals surface area (Å²) >= 11 is 12.4. The summed E-state index contributed by atoms with van der Waals surface area (Å²) in [5.74, 6) is -0.337. The molecule has 7 heteroatoms. The van der Waals surface area contributed by atoms with Gasteiger partial charge in [0.2, 0.25) is 0 Å². The van der Waals surface area contributed by atoms with Crippen LogP contribution in [0.1, 0.15) is 42.7 Å². The molecule has 0 saturated heterocycles. The van der Waals surface area contributed by atoms with Crippen LogP contribution in [-0.4, -0.2) is 23.8 Å². The number of nitrogens with zero attached hydrogens (tertiary/aromatic N) is 1. The zero-order valence-electron chi connectivity index (χ0n) is 16.9. The van der Waals surface area contributed by atoms with Crippen molar-refractivity contribution >= 4 is 39.9 Å².